The van der Waals surface area contributed by atoms with Gasteiger partial charge in [0.15, 0.2) is 0 Å². The number of aliphatic carboxylic acids is 1. The fourth-order valence-corrected chi connectivity index (χ4v) is 5.71. The topological polar surface area (TPSA) is 153 Å². The molecule has 2 saturated heterocycles. The van der Waals surface area contributed by atoms with E-state index in [1.165, 1.54) is 23.3 Å². The van der Waals surface area contributed by atoms with Gasteiger partial charge in [0, 0.05) is 39.5 Å². The number of carboxylic acids is 1. The van der Waals surface area contributed by atoms with Crippen LogP contribution in [0.25, 0.3) is 0 Å². The van der Waals surface area contributed by atoms with Crippen LogP contribution >= 0.6 is 0 Å². The van der Waals surface area contributed by atoms with Gasteiger partial charge >= 0.3 is 5.97 Å². The van der Waals surface area contributed by atoms with E-state index in [4.69, 9.17) is 10.8 Å². The molecule has 0 aromatic rings. The molecule has 0 spiro atoms. The van der Waals surface area contributed by atoms with Gasteiger partial charge < -0.3 is 30.9 Å². The molecule has 4 amide bonds. The lowest BCUT2D eigenvalue weighted by atomic mass is 10.0. The Balaban J connectivity index is 1.67. The van der Waals surface area contributed by atoms with Gasteiger partial charge in [-0.15, -0.1) is 0 Å². The van der Waals surface area contributed by atoms with Gasteiger partial charge in [-0.1, -0.05) is 38.5 Å². The van der Waals surface area contributed by atoms with E-state index in [1.807, 2.05) is 4.90 Å². The molecule has 0 saturated carbocycles. The second-order valence-electron chi connectivity index (χ2n) is 11.5. The first kappa shape index (κ1) is 34.5. The van der Waals surface area contributed by atoms with Crippen LogP contribution in [0, 0.1) is 0 Å². The van der Waals surface area contributed by atoms with Crippen molar-refractivity contribution in [1.82, 2.24) is 20.0 Å². The van der Waals surface area contributed by atoms with E-state index in [-0.39, 0.29) is 37.1 Å². The summed E-state index contributed by atoms with van der Waals surface area (Å²) in [6.07, 6.45) is 14.1. The number of hydrogen-bond donors (Lipinski definition) is 3. The number of nitrogens with zero attached hydrogens (tertiary/aromatic N) is 3. The van der Waals surface area contributed by atoms with Crippen molar-refractivity contribution in [3.63, 3.8) is 0 Å². The van der Waals surface area contributed by atoms with Gasteiger partial charge in [0.05, 0.1) is 0 Å². The van der Waals surface area contributed by atoms with Crippen molar-refractivity contribution in [3.8, 4) is 0 Å². The van der Waals surface area contributed by atoms with Gasteiger partial charge in [0.1, 0.15) is 18.6 Å². The molecule has 0 bridgehead atoms. The number of hydrogen-bond acceptors (Lipinski definition) is 6. The molecule has 2 rings (SSSR count). The zero-order valence-electron chi connectivity index (χ0n) is 25.1. The quantitative estimate of drug-likeness (QED) is 0.187. The molecule has 2 aliphatic heterocycles. The summed E-state index contributed by atoms with van der Waals surface area (Å²) < 4.78 is 0. The Labute approximate surface area is 245 Å². The number of piperazine rings is 1. The first-order valence-electron chi connectivity index (χ1n) is 15.8. The fraction of sp³-hybridized carbons (Fsp3) is 0.833. The van der Waals surface area contributed by atoms with Crippen molar-refractivity contribution >= 4 is 29.6 Å². The number of carboxylic acid groups (broad SMARTS) is 1. The van der Waals surface area contributed by atoms with Crippen LogP contribution in [0.4, 0.5) is 0 Å². The van der Waals surface area contributed by atoms with Crippen molar-refractivity contribution in [2.45, 2.75) is 121 Å². The molecule has 234 valence electrons. The summed E-state index contributed by atoms with van der Waals surface area (Å²) in [4.78, 5) is 66.9. The summed E-state index contributed by atoms with van der Waals surface area (Å²) in [5.41, 5.74) is 5.63. The van der Waals surface area contributed by atoms with Crippen LogP contribution in [0.1, 0.15) is 109 Å². The van der Waals surface area contributed by atoms with Crippen LogP contribution in [0.2, 0.25) is 0 Å². The summed E-state index contributed by atoms with van der Waals surface area (Å²) in [5, 5.41) is 12.0. The number of amides is 4. The molecular weight excluding hydrogens is 526 g/mol. The summed E-state index contributed by atoms with van der Waals surface area (Å²) in [6, 6.07) is -1.66. The predicted molar refractivity (Wildman–Crippen MR) is 157 cm³/mol. The molecule has 41 heavy (non-hydrogen) atoms. The first-order valence-corrected chi connectivity index (χ1v) is 15.8. The average Bonchev–Trinajstić information content (AvgIpc) is 2.96. The predicted octanol–water partition coefficient (Wildman–Crippen LogP) is 2.66. The Hall–Kier alpha value is -2.69. The number of likely N-dealkylation sites (tertiary alicyclic amines) is 1. The highest BCUT2D eigenvalue weighted by Crippen LogP contribution is 2.21. The maximum absolute atomic E-state index is 13.2. The molecule has 0 aliphatic carbocycles. The second-order valence-corrected chi connectivity index (χ2v) is 11.5. The third-order valence-electron chi connectivity index (χ3n) is 8.30. The molecule has 4 N–H and O–H groups in total. The monoisotopic (exact) mass is 579 g/mol. The standard InChI is InChI=1S/C30H53N5O6/c1-33-25(17-18-28(38)39)30(41)35(23-27(33)37)24(15-10-11-19-31)29(40)32-20-12-7-5-3-2-4-6-9-16-26(36)34-21-13-8-14-22-34/h24-25H,2-23,31H2,1H3,(H,32,40)(H,38,39)/t24-,25-/m0/s1. The molecular formula is C30H53N5O6. The van der Waals surface area contributed by atoms with Crippen molar-refractivity contribution in [2.24, 2.45) is 5.73 Å². The van der Waals surface area contributed by atoms with E-state index in [2.05, 4.69) is 5.32 Å². The first-order chi connectivity index (χ1) is 19.8. The van der Waals surface area contributed by atoms with Crippen LogP contribution in [-0.4, -0.2) is 101 Å². The van der Waals surface area contributed by atoms with Gasteiger partial charge in [-0.2, -0.15) is 0 Å². The molecule has 11 nitrogen and oxygen atoms in total. The lowest BCUT2D eigenvalue weighted by Crippen LogP contribution is -2.63. The molecule has 0 radical (unpaired) electrons. The van der Waals surface area contributed by atoms with E-state index < -0.39 is 18.1 Å². The average molecular weight is 580 g/mol. The number of carbonyl (C=O) groups excluding carboxylic acids is 4. The number of nitrogens with one attached hydrogen (secondary N) is 1. The third kappa shape index (κ3) is 12.4. The number of likely N-dealkylation sites (N-methyl/N-ethyl adjacent to an activating group) is 1. The second kappa shape index (κ2) is 19.4. The Bertz CT molecular complexity index is 847. The largest absolute Gasteiger partial charge is 0.481 e. The summed E-state index contributed by atoms with van der Waals surface area (Å²) in [5.74, 6) is -1.67. The molecule has 0 aromatic carbocycles. The van der Waals surface area contributed by atoms with E-state index in [9.17, 15) is 24.0 Å². The number of rotatable bonds is 20. The number of carbonyl (C=O) groups is 5. The number of piperidine rings is 1. The van der Waals surface area contributed by atoms with Gasteiger partial charge in [0.2, 0.25) is 23.6 Å². The highest BCUT2D eigenvalue weighted by molar-refractivity contribution is 5.98. The summed E-state index contributed by atoms with van der Waals surface area (Å²) in [7, 11) is 1.51. The van der Waals surface area contributed by atoms with Crippen molar-refractivity contribution in [1.29, 1.82) is 0 Å². The maximum atomic E-state index is 13.2. The maximum Gasteiger partial charge on any atom is 0.303 e. The van der Waals surface area contributed by atoms with E-state index in [0.29, 0.717) is 44.7 Å². The zero-order chi connectivity index (χ0) is 30.0. The lowest BCUT2D eigenvalue weighted by molar-refractivity contribution is -0.159. The van der Waals surface area contributed by atoms with E-state index in [0.717, 1.165) is 77.3 Å². The molecule has 0 unspecified atom stereocenters. The summed E-state index contributed by atoms with van der Waals surface area (Å²) >= 11 is 0. The SMILES string of the molecule is CN1C(=O)CN([C@@H](CCCCN)C(=O)NCCCCCCCCCCC(=O)N2CCCCC2)C(=O)[C@@H]1CCC(=O)O. The Morgan fingerprint density at radius 3 is 2.17 bits per heavy atom. The zero-order valence-corrected chi connectivity index (χ0v) is 25.1. The van der Waals surface area contributed by atoms with Crippen molar-refractivity contribution in [3.05, 3.63) is 0 Å². The van der Waals surface area contributed by atoms with Gasteiger partial charge in [-0.25, -0.2) is 0 Å². The molecule has 2 heterocycles. The van der Waals surface area contributed by atoms with Gasteiger partial charge in [-0.05, 0) is 64.3 Å². The Kier molecular flexibility index (Phi) is 16.4. The minimum absolute atomic E-state index is 0.0147. The minimum Gasteiger partial charge on any atom is -0.481 e. The van der Waals surface area contributed by atoms with E-state index >= 15 is 0 Å². The summed E-state index contributed by atoms with van der Waals surface area (Å²) in [6.45, 7) is 2.64. The number of unbranched alkanes of at least 4 members (excludes halogenated alkanes) is 8. The van der Waals surface area contributed by atoms with Crippen LogP contribution in [-0.2, 0) is 24.0 Å². The molecule has 2 atom stereocenters. The molecule has 11 heteroatoms. The molecule has 2 aliphatic rings. The smallest absolute Gasteiger partial charge is 0.303 e. The van der Waals surface area contributed by atoms with Crippen molar-refractivity contribution in [2.75, 3.05) is 39.8 Å². The Morgan fingerprint density at radius 2 is 1.54 bits per heavy atom. The van der Waals surface area contributed by atoms with Crippen LogP contribution < -0.4 is 11.1 Å². The Morgan fingerprint density at radius 1 is 0.902 bits per heavy atom. The fourth-order valence-electron chi connectivity index (χ4n) is 5.71. The van der Waals surface area contributed by atoms with Gasteiger partial charge in [0.25, 0.3) is 0 Å². The lowest BCUT2D eigenvalue weighted by Gasteiger charge is -2.41. The highest BCUT2D eigenvalue weighted by Gasteiger charge is 2.42. The van der Waals surface area contributed by atoms with Crippen LogP contribution in [0.5, 0.6) is 0 Å². The third-order valence-corrected chi connectivity index (χ3v) is 8.30. The molecule has 0 aromatic heterocycles. The molecule has 2 fully saturated rings. The highest BCUT2D eigenvalue weighted by atomic mass is 16.4. The van der Waals surface area contributed by atoms with E-state index in [1.54, 1.807) is 0 Å². The van der Waals surface area contributed by atoms with Crippen LogP contribution in [0.15, 0.2) is 0 Å². The number of nitrogens with two attached hydrogens (primary N) is 1. The van der Waals surface area contributed by atoms with Gasteiger partial charge in [-0.3, -0.25) is 24.0 Å². The minimum atomic E-state index is -1.03. The van der Waals surface area contributed by atoms with Crippen LogP contribution in [0.3, 0.4) is 0 Å². The normalized spacial score (nSPS) is 18.5. The van der Waals surface area contributed by atoms with Crippen molar-refractivity contribution < 1.29 is 29.1 Å².